The third-order valence-corrected chi connectivity index (χ3v) is 3.26. The van der Waals surface area contributed by atoms with E-state index in [4.69, 9.17) is 5.11 Å². The Bertz CT molecular complexity index is 510. The van der Waals surface area contributed by atoms with Crippen molar-refractivity contribution in [1.82, 2.24) is 10.3 Å². The highest BCUT2D eigenvalue weighted by Gasteiger charge is 2.06. The van der Waals surface area contributed by atoms with Crippen LogP contribution < -0.4 is 5.32 Å². The molecule has 0 radical (unpaired) electrons. The van der Waals surface area contributed by atoms with E-state index < -0.39 is 0 Å². The number of aromatic nitrogens is 1. The van der Waals surface area contributed by atoms with Gasteiger partial charge < -0.3 is 10.4 Å². The van der Waals surface area contributed by atoms with Crippen LogP contribution in [0.2, 0.25) is 0 Å². The van der Waals surface area contributed by atoms with E-state index in [1.807, 2.05) is 12.1 Å². The smallest absolute Gasteiger partial charge is 0.251 e. The first-order valence-corrected chi connectivity index (χ1v) is 6.41. The molecule has 4 nitrogen and oxygen atoms in total. The van der Waals surface area contributed by atoms with Crippen LogP contribution in [0.15, 0.2) is 23.7 Å². The number of aliphatic hydroxyl groups excluding tert-OH is 1. The number of rotatable bonds is 5. The fourth-order valence-corrected chi connectivity index (χ4v) is 2.25. The largest absolute Gasteiger partial charge is 0.396 e. The first-order chi connectivity index (χ1) is 8.31. The van der Waals surface area contributed by atoms with Gasteiger partial charge in [0.1, 0.15) is 0 Å². The number of fused-ring (bicyclic) bond motifs is 1. The molecule has 0 aliphatic carbocycles. The molecule has 1 aromatic heterocycles. The lowest BCUT2D eigenvalue weighted by molar-refractivity contribution is 0.0952. The predicted octanol–water partition coefficient (Wildman–Crippen LogP) is 1.80. The second-order valence-electron chi connectivity index (χ2n) is 3.72. The molecule has 2 rings (SSSR count). The highest BCUT2D eigenvalue weighted by Crippen LogP contribution is 2.18. The second kappa shape index (κ2) is 5.75. The van der Waals surface area contributed by atoms with Crippen LogP contribution in [-0.2, 0) is 0 Å². The maximum Gasteiger partial charge on any atom is 0.251 e. The molecule has 90 valence electrons. The summed E-state index contributed by atoms with van der Waals surface area (Å²) in [5.74, 6) is -0.0711. The Labute approximate surface area is 103 Å². The highest BCUT2D eigenvalue weighted by molar-refractivity contribution is 7.16. The summed E-state index contributed by atoms with van der Waals surface area (Å²) in [6, 6.07) is 5.49. The Kier molecular flexibility index (Phi) is 4.06. The van der Waals surface area contributed by atoms with Gasteiger partial charge in [-0.15, -0.1) is 11.3 Å². The Balaban J connectivity index is 1.98. The van der Waals surface area contributed by atoms with Gasteiger partial charge in [0, 0.05) is 18.7 Å². The summed E-state index contributed by atoms with van der Waals surface area (Å²) in [4.78, 5) is 15.9. The van der Waals surface area contributed by atoms with Gasteiger partial charge in [-0.05, 0) is 31.0 Å². The quantitative estimate of drug-likeness (QED) is 0.795. The number of carbonyl (C=O) groups excluding carboxylic acids is 1. The summed E-state index contributed by atoms with van der Waals surface area (Å²) in [7, 11) is 0. The average Bonchev–Trinajstić information content (AvgIpc) is 2.81. The van der Waals surface area contributed by atoms with Gasteiger partial charge in [-0.1, -0.05) is 0 Å². The maximum absolute atomic E-state index is 11.8. The standard InChI is InChI=1S/C12H14N2O2S/c15-6-2-1-5-13-12(16)9-3-4-10-11(7-9)17-8-14-10/h3-4,7-8,15H,1-2,5-6H2,(H,13,16). The maximum atomic E-state index is 11.8. The fraction of sp³-hybridized carbons (Fsp3) is 0.333. The topological polar surface area (TPSA) is 62.2 Å². The van der Waals surface area contributed by atoms with Crippen molar-refractivity contribution in [1.29, 1.82) is 0 Å². The normalized spacial score (nSPS) is 10.6. The lowest BCUT2D eigenvalue weighted by atomic mass is 10.2. The third-order valence-electron chi connectivity index (χ3n) is 2.46. The summed E-state index contributed by atoms with van der Waals surface area (Å²) < 4.78 is 1.02. The van der Waals surface area contributed by atoms with E-state index in [1.54, 1.807) is 11.6 Å². The minimum Gasteiger partial charge on any atom is -0.396 e. The van der Waals surface area contributed by atoms with Crippen LogP contribution >= 0.6 is 11.3 Å². The summed E-state index contributed by atoms with van der Waals surface area (Å²) in [6.45, 7) is 0.767. The molecule has 0 aliphatic heterocycles. The van der Waals surface area contributed by atoms with Gasteiger partial charge >= 0.3 is 0 Å². The Hall–Kier alpha value is -1.46. The van der Waals surface area contributed by atoms with E-state index >= 15 is 0 Å². The lowest BCUT2D eigenvalue weighted by Gasteiger charge is -2.04. The number of unbranched alkanes of at least 4 members (excludes halogenated alkanes) is 1. The molecule has 0 spiro atoms. The summed E-state index contributed by atoms with van der Waals surface area (Å²) >= 11 is 1.53. The Morgan fingerprint density at radius 2 is 2.29 bits per heavy atom. The van der Waals surface area contributed by atoms with Crippen LogP contribution in [-0.4, -0.2) is 29.1 Å². The van der Waals surface area contributed by atoms with Crippen LogP contribution in [0, 0.1) is 0 Å². The first-order valence-electron chi connectivity index (χ1n) is 5.53. The molecule has 0 saturated heterocycles. The van der Waals surface area contributed by atoms with Crippen LogP contribution in [0.5, 0.6) is 0 Å². The third kappa shape index (κ3) is 3.01. The Morgan fingerprint density at radius 1 is 1.41 bits per heavy atom. The van der Waals surface area contributed by atoms with E-state index in [9.17, 15) is 4.79 Å². The number of aliphatic hydroxyl groups is 1. The number of hydrogen-bond acceptors (Lipinski definition) is 4. The number of carbonyl (C=O) groups is 1. The molecule has 5 heteroatoms. The number of benzene rings is 1. The molecular weight excluding hydrogens is 236 g/mol. The van der Waals surface area contributed by atoms with E-state index in [1.165, 1.54) is 11.3 Å². The molecule has 0 aliphatic rings. The van der Waals surface area contributed by atoms with Crippen molar-refractivity contribution in [3.8, 4) is 0 Å². The number of thiazole rings is 1. The van der Waals surface area contributed by atoms with Gasteiger partial charge in [0.05, 0.1) is 15.7 Å². The van der Waals surface area contributed by atoms with Crippen LogP contribution in [0.3, 0.4) is 0 Å². The van der Waals surface area contributed by atoms with Crippen LogP contribution in [0.4, 0.5) is 0 Å². The molecule has 0 atom stereocenters. The molecule has 1 amide bonds. The van der Waals surface area contributed by atoms with Gasteiger partial charge in [-0.25, -0.2) is 4.98 Å². The first kappa shape index (κ1) is 12.0. The molecule has 0 bridgehead atoms. The van der Waals surface area contributed by atoms with Gasteiger partial charge in [0.25, 0.3) is 5.91 Å². The van der Waals surface area contributed by atoms with Crippen LogP contribution in [0.1, 0.15) is 23.2 Å². The molecular formula is C12H14N2O2S. The van der Waals surface area contributed by atoms with E-state index in [0.717, 1.165) is 16.6 Å². The molecule has 1 aromatic carbocycles. The lowest BCUT2D eigenvalue weighted by Crippen LogP contribution is -2.24. The minimum atomic E-state index is -0.0711. The predicted molar refractivity (Wildman–Crippen MR) is 68.3 cm³/mol. The van der Waals surface area contributed by atoms with Gasteiger partial charge in [0.15, 0.2) is 0 Å². The zero-order valence-electron chi connectivity index (χ0n) is 9.35. The van der Waals surface area contributed by atoms with Crippen molar-refractivity contribution in [2.45, 2.75) is 12.8 Å². The van der Waals surface area contributed by atoms with Gasteiger partial charge in [-0.2, -0.15) is 0 Å². The van der Waals surface area contributed by atoms with Crippen molar-refractivity contribution >= 4 is 27.5 Å². The molecule has 2 aromatic rings. The van der Waals surface area contributed by atoms with Crippen molar-refractivity contribution < 1.29 is 9.90 Å². The second-order valence-corrected chi connectivity index (χ2v) is 4.61. The average molecular weight is 250 g/mol. The van der Waals surface area contributed by atoms with Crippen molar-refractivity contribution in [3.63, 3.8) is 0 Å². The molecule has 0 saturated carbocycles. The zero-order valence-corrected chi connectivity index (χ0v) is 10.2. The van der Waals surface area contributed by atoms with Crippen molar-refractivity contribution in [3.05, 3.63) is 29.3 Å². The Morgan fingerprint density at radius 3 is 3.12 bits per heavy atom. The monoisotopic (exact) mass is 250 g/mol. The SMILES string of the molecule is O=C(NCCCCO)c1ccc2ncsc2c1. The molecule has 0 unspecified atom stereocenters. The molecule has 2 N–H and O–H groups in total. The van der Waals surface area contributed by atoms with E-state index in [2.05, 4.69) is 10.3 Å². The highest BCUT2D eigenvalue weighted by atomic mass is 32.1. The number of nitrogens with zero attached hydrogens (tertiary/aromatic N) is 1. The van der Waals surface area contributed by atoms with E-state index in [-0.39, 0.29) is 12.5 Å². The van der Waals surface area contributed by atoms with Crippen LogP contribution in [0.25, 0.3) is 10.2 Å². The molecule has 1 heterocycles. The van der Waals surface area contributed by atoms with Gasteiger partial charge in [-0.3, -0.25) is 4.79 Å². The van der Waals surface area contributed by atoms with Gasteiger partial charge in [0.2, 0.25) is 0 Å². The number of nitrogens with one attached hydrogen (secondary N) is 1. The number of hydrogen-bond donors (Lipinski definition) is 2. The summed E-state index contributed by atoms with van der Waals surface area (Å²) in [6.07, 6.45) is 1.51. The van der Waals surface area contributed by atoms with E-state index in [0.29, 0.717) is 18.5 Å². The van der Waals surface area contributed by atoms with Crippen molar-refractivity contribution in [2.75, 3.05) is 13.2 Å². The number of amides is 1. The minimum absolute atomic E-state index is 0.0711. The zero-order chi connectivity index (χ0) is 12.1. The summed E-state index contributed by atoms with van der Waals surface area (Å²) in [5.41, 5.74) is 3.35. The molecule has 0 fully saturated rings. The molecule has 17 heavy (non-hydrogen) atoms. The summed E-state index contributed by atoms with van der Waals surface area (Å²) in [5, 5.41) is 11.4. The van der Waals surface area contributed by atoms with Crippen molar-refractivity contribution in [2.24, 2.45) is 0 Å². The fourth-order valence-electron chi connectivity index (χ4n) is 1.54.